The zero-order valence-electron chi connectivity index (χ0n) is 47.1. The molecule has 372 valence electrons. The molecule has 0 aromatic heterocycles. The first-order valence-corrected chi connectivity index (χ1v) is 27.8. The lowest BCUT2D eigenvalue weighted by molar-refractivity contribution is 0.332. The molecule has 5 aliphatic rings. The minimum absolute atomic E-state index is 0.0266. The number of fused-ring (bicyclic) bond motifs is 7. The standard InChI is InChI=1S/C70H79BN2/c1-43-33-61-63-62(34-43)73(58-39-54-49(35-44(58)2)68(11,12)42-69(54,13)14)60-41-53-51(65(5,6)30-32-67(53,9)10)38-56(60)71(63)55-37-50-52(66(7,8)31-29-64(50,3)4)40-59(55)72(61)57-28-27-47(36-48(57)45-23-19-17-20-24-45)70(15,16)46-25-21-18-22-26-46/h17-28,33-41H,29-32,42H2,1-16H3. The van der Waals surface area contributed by atoms with Gasteiger partial charge in [0.2, 0.25) is 0 Å². The van der Waals surface area contributed by atoms with Crippen molar-refractivity contribution < 1.29 is 0 Å². The van der Waals surface area contributed by atoms with Crippen LogP contribution in [0.2, 0.25) is 0 Å². The topological polar surface area (TPSA) is 6.48 Å². The molecule has 7 aromatic carbocycles. The third kappa shape index (κ3) is 7.16. The van der Waals surface area contributed by atoms with E-state index >= 15 is 0 Å². The second kappa shape index (κ2) is 15.6. The summed E-state index contributed by atoms with van der Waals surface area (Å²) in [6, 6.07) is 50.8. The molecule has 0 N–H and O–H groups in total. The Morgan fingerprint density at radius 1 is 0.397 bits per heavy atom. The highest BCUT2D eigenvalue weighted by atomic mass is 15.2. The molecule has 0 saturated carbocycles. The minimum Gasteiger partial charge on any atom is -0.311 e. The summed E-state index contributed by atoms with van der Waals surface area (Å²) in [5.41, 5.74) is 29.0. The number of benzene rings is 7. The molecule has 73 heavy (non-hydrogen) atoms. The zero-order valence-corrected chi connectivity index (χ0v) is 47.1. The highest BCUT2D eigenvalue weighted by Gasteiger charge is 2.50. The summed E-state index contributed by atoms with van der Waals surface area (Å²) in [6.45, 7) is 39.4. The van der Waals surface area contributed by atoms with Crippen molar-refractivity contribution in [3.63, 3.8) is 0 Å². The van der Waals surface area contributed by atoms with E-state index in [1.54, 1.807) is 0 Å². The van der Waals surface area contributed by atoms with Gasteiger partial charge in [0.25, 0.3) is 6.71 Å². The van der Waals surface area contributed by atoms with Crippen molar-refractivity contribution in [3.8, 4) is 11.1 Å². The molecule has 2 heterocycles. The molecule has 0 spiro atoms. The minimum atomic E-state index is -0.214. The molecule has 0 bridgehead atoms. The number of rotatable bonds is 5. The summed E-state index contributed by atoms with van der Waals surface area (Å²) in [5.74, 6) is 0. The number of anilines is 6. The molecule has 2 nitrogen and oxygen atoms in total. The Labute approximate surface area is 439 Å². The smallest absolute Gasteiger partial charge is 0.252 e. The first-order chi connectivity index (χ1) is 34.2. The van der Waals surface area contributed by atoms with Crippen LogP contribution in [0.15, 0.2) is 127 Å². The third-order valence-corrected chi connectivity index (χ3v) is 19.6. The molecule has 0 unspecified atom stereocenters. The lowest BCUT2D eigenvalue weighted by Crippen LogP contribution is -2.62. The molecule has 3 heteroatoms. The summed E-state index contributed by atoms with van der Waals surface area (Å²) < 4.78 is 0. The number of nitrogens with zero attached hydrogens (tertiary/aromatic N) is 2. The third-order valence-electron chi connectivity index (χ3n) is 19.6. The van der Waals surface area contributed by atoms with Crippen LogP contribution in [0.4, 0.5) is 34.1 Å². The van der Waals surface area contributed by atoms with E-state index in [9.17, 15) is 0 Å². The van der Waals surface area contributed by atoms with Crippen LogP contribution in [0.1, 0.15) is 185 Å². The van der Waals surface area contributed by atoms with Crippen molar-refractivity contribution in [1.29, 1.82) is 0 Å². The van der Waals surface area contributed by atoms with Crippen LogP contribution in [0.25, 0.3) is 11.1 Å². The Balaban J connectivity index is 1.22. The molecule has 12 rings (SSSR count). The van der Waals surface area contributed by atoms with Crippen LogP contribution in [0.5, 0.6) is 0 Å². The molecule has 3 aliphatic carbocycles. The Morgan fingerprint density at radius 3 is 1.33 bits per heavy atom. The molecule has 7 aromatic rings. The second-order valence-corrected chi connectivity index (χ2v) is 28.0. The van der Waals surface area contributed by atoms with E-state index in [-0.39, 0.29) is 44.6 Å². The molecule has 0 atom stereocenters. The average Bonchev–Trinajstić information content (AvgIpc) is 3.52. The van der Waals surface area contributed by atoms with Crippen LogP contribution in [0.3, 0.4) is 0 Å². The van der Waals surface area contributed by atoms with Crippen molar-refractivity contribution >= 4 is 57.2 Å². The molecular formula is C70H79BN2. The van der Waals surface area contributed by atoms with E-state index < -0.39 is 0 Å². The summed E-state index contributed by atoms with van der Waals surface area (Å²) in [4.78, 5) is 5.48. The first kappa shape index (κ1) is 48.2. The monoisotopic (exact) mass is 959 g/mol. The van der Waals surface area contributed by atoms with Crippen LogP contribution >= 0.6 is 0 Å². The fraction of sp³-hybridized carbons (Fsp3) is 0.400. The maximum Gasteiger partial charge on any atom is 0.252 e. The largest absolute Gasteiger partial charge is 0.311 e. The number of hydrogen-bond acceptors (Lipinski definition) is 2. The van der Waals surface area contributed by atoms with Gasteiger partial charge in [-0.15, -0.1) is 0 Å². The van der Waals surface area contributed by atoms with E-state index in [4.69, 9.17) is 0 Å². The van der Waals surface area contributed by atoms with Gasteiger partial charge in [-0.05, 0) is 198 Å². The molecule has 0 saturated heterocycles. The molecule has 0 amide bonds. The molecule has 2 aliphatic heterocycles. The van der Waals surface area contributed by atoms with Crippen LogP contribution in [0, 0.1) is 13.8 Å². The van der Waals surface area contributed by atoms with Gasteiger partial charge in [0.15, 0.2) is 0 Å². The number of aryl methyl sites for hydroxylation is 2. The van der Waals surface area contributed by atoms with Crippen molar-refractivity contribution in [3.05, 3.63) is 183 Å². The van der Waals surface area contributed by atoms with E-state index in [1.807, 2.05) is 0 Å². The Morgan fingerprint density at radius 2 is 0.822 bits per heavy atom. The van der Waals surface area contributed by atoms with Crippen molar-refractivity contribution in [2.45, 2.75) is 181 Å². The van der Waals surface area contributed by atoms with Gasteiger partial charge in [-0.3, -0.25) is 0 Å². The molecular weight excluding hydrogens is 880 g/mol. The van der Waals surface area contributed by atoms with E-state index in [2.05, 4.69) is 248 Å². The van der Waals surface area contributed by atoms with Gasteiger partial charge in [-0.25, -0.2) is 0 Å². The Hall–Kier alpha value is -5.80. The van der Waals surface area contributed by atoms with E-state index in [0.29, 0.717) is 0 Å². The van der Waals surface area contributed by atoms with E-state index in [0.717, 1.165) is 12.8 Å². The van der Waals surface area contributed by atoms with E-state index in [1.165, 1.54) is 137 Å². The van der Waals surface area contributed by atoms with Crippen LogP contribution in [-0.2, 0) is 37.9 Å². The number of hydrogen-bond donors (Lipinski definition) is 0. The summed E-state index contributed by atoms with van der Waals surface area (Å²) in [5, 5.41) is 0. The highest BCUT2D eigenvalue weighted by molar-refractivity contribution is 7.00. The normalized spacial score (nSPS) is 19.8. The van der Waals surface area contributed by atoms with Crippen molar-refractivity contribution in [1.82, 2.24) is 0 Å². The first-order valence-electron chi connectivity index (χ1n) is 27.8. The Bertz CT molecular complexity index is 3430. The van der Waals surface area contributed by atoms with Gasteiger partial charge in [-0.2, -0.15) is 0 Å². The average molecular weight is 959 g/mol. The summed E-state index contributed by atoms with van der Waals surface area (Å²) in [7, 11) is 0. The maximum atomic E-state index is 2.75. The van der Waals surface area contributed by atoms with Crippen molar-refractivity contribution in [2.75, 3.05) is 9.80 Å². The maximum absolute atomic E-state index is 2.75. The summed E-state index contributed by atoms with van der Waals surface area (Å²) >= 11 is 0. The lowest BCUT2D eigenvalue weighted by atomic mass is 9.32. The molecule has 0 radical (unpaired) electrons. The highest BCUT2D eigenvalue weighted by Crippen LogP contribution is 2.56. The van der Waals surface area contributed by atoms with Gasteiger partial charge >= 0.3 is 0 Å². The van der Waals surface area contributed by atoms with Crippen molar-refractivity contribution in [2.24, 2.45) is 0 Å². The van der Waals surface area contributed by atoms with Crippen LogP contribution in [-0.4, -0.2) is 6.71 Å². The van der Waals surface area contributed by atoms with Gasteiger partial charge in [0, 0.05) is 39.4 Å². The molecule has 0 fully saturated rings. The van der Waals surface area contributed by atoms with Gasteiger partial charge in [-0.1, -0.05) is 182 Å². The zero-order chi connectivity index (χ0) is 51.7. The SMILES string of the molecule is Cc1cc2c3c(c1)N(c1ccc(C(C)(C)c4ccccc4)cc1-c1ccccc1)c1cc4c(cc1B3c1cc3c(cc1N2c1cc2c(cc1C)C(C)(C)CC2(C)C)C(C)(C)CCC3(C)C)C(C)(C)CCC4(C)C. The van der Waals surface area contributed by atoms with Gasteiger partial charge < -0.3 is 9.80 Å². The fourth-order valence-electron chi connectivity index (χ4n) is 15.1. The quantitative estimate of drug-likeness (QED) is 0.159. The second-order valence-electron chi connectivity index (χ2n) is 28.0. The predicted octanol–water partition coefficient (Wildman–Crippen LogP) is 17.0. The summed E-state index contributed by atoms with van der Waals surface area (Å²) in [6.07, 6.45) is 5.83. The van der Waals surface area contributed by atoms with Gasteiger partial charge in [0.1, 0.15) is 0 Å². The lowest BCUT2D eigenvalue weighted by Gasteiger charge is -2.49. The Kier molecular flexibility index (Phi) is 10.3. The fourth-order valence-corrected chi connectivity index (χ4v) is 15.1. The predicted molar refractivity (Wildman–Crippen MR) is 315 cm³/mol. The van der Waals surface area contributed by atoms with Gasteiger partial charge in [0.05, 0.1) is 5.69 Å². The van der Waals surface area contributed by atoms with Crippen LogP contribution < -0.4 is 26.2 Å².